The third kappa shape index (κ3) is 4.51. The van der Waals surface area contributed by atoms with Crippen LogP contribution in [0.25, 0.3) is 33.7 Å². The molecule has 35 heavy (non-hydrogen) atoms. The first kappa shape index (κ1) is 22.0. The maximum absolute atomic E-state index is 13.1. The van der Waals surface area contributed by atoms with E-state index in [0.29, 0.717) is 22.7 Å². The van der Waals surface area contributed by atoms with Gasteiger partial charge in [-0.15, -0.1) is 0 Å². The molecule has 9 nitrogen and oxygen atoms in total. The van der Waals surface area contributed by atoms with Crippen LogP contribution in [0.4, 0.5) is 0 Å². The summed E-state index contributed by atoms with van der Waals surface area (Å²) in [6.07, 6.45) is 3.28. The van der Waals surface area contributed by atoms with Gasteiger partial charge in [-0.2, -0.15) is 4.98 Å². The largest absolute Gasteiger partial charge is 0.496 e. The van der Waals surface area contributed by atoms with Gasteiger partial charge in [0.25, 0.3) is 11.4 Å². The molecule has 0 unspecified atom stereocenters. The first-order chi connectivity index (χ1) is 17.1. The number of nitrogens with one attached hydrogen (secondary N) is 1. The van der Waals surface area contributed by atoms with E-state index in [1.54, 1.807) is 37.7 Å². The van der Waals surface area contributed by atoms with Gasteiger partial charge in [0, 0.05) is 41.5 Å². The average molecular weight is 467 g/mol. The van der Waals surface area contributed by atoms with E-state index in [9.17, 15) is 9.59 Å². The van der Waals surface area contributed by atoms with Crippen LogP contribution in [-0.2, 0) is 17.9 Å². The molecule has 1 N–H and O–H groups in total. The van der Waals surface area contributed by atoms with Gasteiger partial charge in [0.1, 0.15) is 12.3 Å². The number of carbonyl (C=O) groups is 1. The van der Waals surface area contributed by atoms with Crippen molar-refractivity contribution in [1.29, 1.82) is 0 Å². The number of hydrogen-bond acceptors (Lipinski definition) is 7. The summed E-state index contributed by atoms with van der Waals surface area (Å²) >= 11 is 0. The van der Waals surface area contributed by atoms with Crippen molar-refractivity contribution in [1.82, 2.24) is 25.0 Å². The number of carbonyl (C=O) groups excluding carboxylic acids is 1. The number of methoxy groups -OCH3 is 1. The molecular formula is C26H21N5O4. The van der Waals surface area contributed by atoms with Crippen molar-refractivity contribution in [2.45, 2.75) is 13.1 Å². The van der Waals surface area contributed by atoms with Gasteiger partial charge >= 0.3 is 0 Å². The highest BCUT2D eigenvalue weighted by atomic mass is 16.5. The van der Waals surface area contributed by atoms with Crippen LogP contribution in [-0.4, -0.2) is 32.7 Å². The zero-order valence-corrected chi connectivity index (χ0v) is 18.8. The number of aromatic nitrogens is 4. The quantitative estimate of drug-likeness (QED) is 0.390. The zero-order valence-electron chi connectivity index (χ0n) is 18.8. The van der Waals surface area contributed by atoms with Gasteiger partial charge in [-0.3, -0.25) is 19.1 Å². The lowest BCUT2D eigenvalue weighted by Crippen LogP contribution is -2.32. The number of hydrogen-bond donors (Lipinski definition) is 1. The van der Waals surface area contributed by atoms with Crippen molar-refractivity contribution >= 4 is 16.8 Å². The standard InChI is InChI=1S/C26H21N5O4/c1-34-22-9-5-2-6-18(22)15-28-23(32)16-31-21-8-4-3-7-19(21)20(14-24(31)33)26-29-25(30-35-26)17-10-12-27-13-11-17/h2-14H,15-16H2,1H3,(H,28,32). The van der Waals surface area contributed by atoms with Crippen LogP contribution in [0.5, 0.6) is 5.75 Å². The molecule has 0 fully saturated rings. The highest BCUT2D eigenvalue weighted by Crippen LogP contribution is 2.28. The molecule has 0 saturated heterocycles. The Balaban J connectivity index is 1.44. The van der Waals surface area contributed by atoms with E-state index in [0.717, 1.165) is 16.5 Å². The Labute approximate surface area is 200 Å². The van der Waals surface area contributed by atoms with Crippen LogP contribution in [0.3, 0.4) is 0 Å². The van der Waals surface area contributed by atoms with Crippen LogP contribution in [0.15, 0.2) is 88.4 Å². The molecule has 3 heterocycles. The maximum Gasteiger partial charge on any atom is 0.259 e. The summed E-state index contributed by atoms with van der Waals surface area (Å²) in [5.41, 5.74) is 2.33. The van der Waals surface area contributed by atoms with E-state index in [1.807, 2.05) is 42.5 Å². The minimum absolute atomic E-state index is 0.138. The number of amides is 1. The van der Waals surface area contributed by atoms with E-state index in [2.05, 4.69) is 20.4 Å². The number of benzene rings is 2. The molecule has 0 radical (unpaired) electrons. The second-order valence-corrected chi connectivity index (χ2v) is 7.75. The van der Waals surface area contributed by atoms with Gasteiger partial charge in [-0.25, -0.2) is 0 Å². The lowest BCUT2D eigenvalue weighted by molar-refractivity contribution is -0.121. The molecule has 9 heteroatoms. The van der Waals surface area contributed by atoms with E-state index in [-0.39, 0.29) is 30.4 Å². The molecule has 1 amide bonds. The lowest BCUT2D eigenvalue weighted by atomic mass is 10.1. The second kappa shape index (κ2) is 9.60. The molecule has 0 atom stereocenters. The molecular weight excluding hydrogens is 446 g/mol. The summed E-state index contributed by atoms with van der Waals surface area (Å²) in [4.78, 5) is 34.3. The molecule has 0 aliphatic carbocycles. The number of pyridine rings is 2. The summed E-state index contributed by atoms with van der Waals surface area (Å²) in [5.74, 6) is 1.00. The number of ether oxygens (including phenoxy) is 1. The Morgan fingerprint density at radius 3 is 2.66 bits per heavy atom. The van der Waals surface area contributed by atoms with Crippen molar-refractivity contribution in [2.24, 2.45) is 0 Å². The third-order valence-electron chi connectivity index (χ3n) is 5.58. The number of rotatable bonds is 7. The molecule has 5 rings (SSSR count). The average Bonchev–Trinajstić information content (AvgIpc) is 3.40. The van der Waals surface area contributed by atoms with Crippen LogP contribution in [0, 0.1) is 0 Å². The Hall–Kier alpha value is -4.79. The summed E-state index contributed by atoms with van der Waals surface area (Å²) in [6, 6.07) is 19.7. The first-order valence-electron chi connectivity index (χ1n) is 10.9. The molecule has 5 aromatic rings. The molecule has 0 aliphatic rings. The predicted molar refractivity (Wildman–Crippen MR) is 130 cm³/mol. The third-order valence-corrected chi connectivity index (χ3v) is 5.58. The topological polar surface area (TPSA) is 112 Å². The van der Waals surface area contributed by atoms with Crippen LogP contribution >= 0.6 is 0 Å². The molecule has 0 spiro atoms. The van der Waals surface area contributed by atoms with E-state index in [1.165, 1.54) is 10.6 Å². The zero-order chi connectivity index (χ0) is 24.2. The maximum atomic E-state index is 13.1. The lowest BCUT2D eigenvalue weighted by Gasteiger charge is -2.13. The van der Waals surface area contributed by atoms with Crippen LogP contribution < -0.4 is 15.6 Å². The van der Waals surface area contributed by atoms with Crippen molar-refractivity contribution in [3.8, 4) is 28.6 Å². The van der Waals surface area contributed by atoms with Gasteiger partial charge < -0.3 is 14.6 Å². The highest BCUT2D eigenvalue weighted by Gasteiger charge is 2.18. The summed E-state index contributed by atoms with van der Waals surface area (Å²) in [6.45, 7) is 0.147. The monoisotopic (exact) mass is 467 g/mol. The van der Waals surface area contributed by atoms with Gasteiger partial charge in [0.15, 0.2) is 0 Å². The molecule has 174 valence electrons. The van der Waals surface area contributed by atoms with E-state index in [4.69, 9.17) is 9.26 Å². The van der Waals surface area contributed by atoms with Crippen molar-refractivity contribution in [3.63, 3.8) is 0 Å². The van der Waals surface area contributed by atoms with Crippen molar-refractivity contribution in [3.05, 3.63) is 95.0 Å². The highest BCUT2D eigenvalue weighted by molar-refractivity contribution is 5.93. The van der Waals surface area contributed by atoms with Gasteiger partial charge in [0.05, 0.1) is 18.2 Å². The SMILES string of the molecule is COc1ccccc1CNC(=O)Cn1c(=O)cc(-c2nc(-c3ccncc3)no2)c2ccccc21. The predicted octanol–water partition coefficient (Wildman–Crippen LogP) is 3.44. The number of para-hydroxylation sites is 2. The van der Waals surface area contributed by atoms with Crippen molar-refractivity contribution < 1.29 is 14.1 Å². The fourth-order valence-electron chi connectivity index (χ4n) is 3.87. The molecule has 0 bridgehead atoms. The van der Waals surface area contributed by atoms with E-state index >= 15 is 0 Å². The van der Waals surface area contributed by atoms with Gasteiger partial charge in [-0.1, -0.05) is 41.6 Å². The Bertz CT molecular complexity index is 1560. The van der Waals surface area contributed by atoms with Gasteiger partial charge in [-0.05, 0) is 24.3 Å². The second-order valence-electron chi connectivity index (χ2n) is 7.75. The van der Waals surface area contributed by atoms with Crippen LogP contribution in [0.2, 0.25) is 0 Å². The number of nitrogens with zero attached hydrogens (tertiary/aromatic N) is 4. The van der Waals surface area contributed by atoms with Gasteiger partial charge in [0.2, 0.25) is 11.7 Å². The molecule has 0 aliphatic heterocycles. The fraction of sp³-hybridized carbons (Fsp3) is 0.115. The Morgan fingerprint density at radius 1 is 1.06 bits per heavy atom. The van der Waals surface area contributed by atoms with E-state index < -0.39 is 0 Å². The summed E-state index contributed by atoms with van der Waals surface area (Å²) in [7, 11) is 1.58. The Kier molecular flexibility index (Phi) is 6.04. The molecule has 2 aromatic carbocycles. The number of fused-ring (bicyclic) bond motifs is 1. The molecule has 3 aromatic heterocycles. The first-order valence-corrected chi connectivity index (χ1v) is 10.9. The Morgan fingerprint density at radius 2 is 1.83 bits per heavy atom. The molecule has 0 saturated carbocycles. The van der Waals surface area contributed by atoms with Crippen LogP contribution in [0.1, 0.15) is 5.56 Å². The fourth-order valence-corrected chi connectivity index (χ4v) is 3.87. The normalized spacial score (nSPS) is 10.9. The minimum atomic E-state index is -0.352. The smallest absolute Gasteiger partial charge is 0.259 e. The summed E-state index contributed by atoms with van der Waals surface area (Å²) < 4.78 is 12.2. The minimum Gasteiger partial charge on any atom is -0.496 e. The van der Waals surface area contributed by atoms with Crippen molar-refractivity contribution in [2.75, 3.05) is 7.11 Å². The summed E-state index contributed by atoms with van der Waals surface area (Å²) in [5, 5.41) is 7.61.